The molecule has 1 saturated heterocycles. The molecule has 1 heterocycles. The van der Waals surface area contributed by atoms with E-state index in [2.05, 4.69) is 19.1 Å². The van der Waals surface area contributed by atoms with Gasteiger partial charge in [0.15, 0.2) is 0 Å². The van der Waals surface area contributed by atoms with Crippen LogP contribution in [0.1, 0.15) is 17.3 Å². The van der Waals surface area contributed by atoms with Crippen LogP contribution in [0.3, 0.4) is 0 Å². The summed E-state index contributed by atoms with van der Waals surface area (Å²) in [5.74, 6) is 1.18. The lowest BCUT2D eigenvalue weighted by atomic mass is 10.0. The zero-order valence-corrected chi connectivity index (χ0v) is 12.3. The number of rotatable bonds is 2. The predicted molar refractivity (Wildman–Crippen MR) is 84.8 cm³/mol. The van der Waals surface area contributed by atoms with Crippen molar-refractivity contribution in [3.05, 3.63) is 60.2 Å². The van der Waals surface area contributed by atoms with E-state index in [1.807, 2.05) is 59.1 Å². The zero-order chi connectivity index (χ0) is 13.9. The van der Waals surface area contributed by atoms with E-state index in [0.29, 0.717) is 0 Å². The van der Waals surface area contributed by atoms with Crippen LogP contribution in [0.25, 0.3) is 11.1 Å². The second-order valence-electron chi connectivity index (χ2n) is 4.91. The number of hydrogen-bond acceptors (Lipinski definition) is 2. The first kappa shape index (κ1) is 13.3. The SMILES string of the molecule is CC1SCCN1C(=O)c1ccc(-c2ccccc2)cc1. The summed E-state index contributed by atoms with van der Waals surface area (Å²) in [7, 11) is 0. The van der Waals surface area contributed by atoms with E-state index in [4.69, 9.17) is 0 Å². The van der Waals surface area contributed by atoms with Gasteiger partial charge in [0.1, 0.15) is 0 Å². The molecule has 0 aromatic heterocycles. The molecule has 0 radical (unpaired) electrons. The van der Waals surface area contributed by atoms with Crippen LogP contribution in [-0.2, 0) is 0 Å². The van der Waals surface area contributed by atoms with Gasteiger partial charge < -0.3 is 4.90 Å². The maximum Gasteiger partial charge on any atom is 0.254 e. The van der Waals surface area contributed by atoms with Gasteiger partial charge in [-0.1, -0.05) is 42.5 Å². The molecule has 3 heteroatoms. The Morgan fingerprint density at radius 3 is 2.30 bits per heavy atom. The Morgan fingerprint density at radius 2 is 1.70 bits per heavy atom. The fourth-order valence-electron chi connectivity index (χ4n) is 2.46. The molecular weight excluding hydrogens is 266 g/mol. The summed E-state index contributed by atoms with van der Waals surface area (Å²) in [5, 5.41) is 0.288. The Labute approximate surface area is 123 Å². The smallest absolute Gasteiger partial charge is 0.254 e. The van der Waals surface area contributed by atoms with Crippen LogP contribution in [0.4, 0.5) is 0 Å². The van der Waals surface area contributed by atoms with Crippen LogP contribution in [-0.4, -0.2) is 28.5 Å². The molecule has 0 bridgehead atoms. The standard InChI is InChI=1S/C17H17NOS/c1-13-18(11-12-20-13)17(19)16-9-7-15(8-10-16)14-5-3-2-4-6-14/h2-10,13H,11-12H2,1H3. The molecule has 2 aromatic rings. The quantitative estimate of drug-likeness (QED) is 0.833. The third kappa shape index (κ3) is 2.59. The van der Waals surface area contributed by atoms with Crippen molar-refractivity contribution in [2.24, 2.45) is 0 Å². The van der Waals surface area contributed by atoms with E-state index in [-0.39, 0.29) is 11.3 Å². The first-order valence-electron chi connectivity index (χ1n) is 6.84. The minimum absolute atomic E-state index is 0.141. The highest BCUT2D eigenvalue weighted by Crippen LogP contribution is 2.26. The first-order valence-corrected chi connectivity index (χ1v) is 7.88. The predicted octanol–water partition coefficient (Wildman–Crippen LogP) is 3.89. The number of thioether (sulfide) groups is 1. The van der Waals surface area contributed by atoms with Gasteiger partial charge in [0.2, 0.25) is 0 Å². The van der Waals surface area contributed by atoms with Crippen LogP contribution in [0.15, 0.2) is 54.6 Å². The van der Waals surface area contributed by atoms with Crippen molar-refractivity contribution in [1.29, 1.82) is 0 Å². The molecule has 1 unspecified atom stereocenters. The Morgan fingerprint density at radius 1 is 1.05 bits per heavy atom. The zero-order valence-electron chi connectivity index (χ0n) is 11.5. The van der Waals surface area contributed by atoms with E-state index in [9.17, 15) is 4.79 Å². The largest absolute Gasteiger partial charge is 0.326 e. The number of nitrogens with zero attached hydrogens (tertiary/aromatic N) is 1. The maximum atomic E-state index is 12.4. The first-order chi connectivity index (χ1) is 9.75. The summed E-state index contributed by atoms with van der Waals surface area (Å²) in [5.41, 5.74) is 3.10. The fraction of sp³-hybridized carbons (Fsp3) is 0.235. The van der Waals surface area contributed by atoms with Crippen molar-refractivity contribution in [1.82, 2.24) is 4.90 Å². The molecule has 0 spiro atoms. The van der Waals surface area contributed by atoms with Crippen molar-refractivity contribution >= 4 is 17.7 Å². The molecule has 2 nitrogen and oxygen atoms in total. The molecule has 1 aliphatic rings. The molecule has 1 atom stereocenters. The van der Waals surface area contributed by atoms with Crippen LogP contribution in [0, 0.1) is 0 Å². The average Bonchev–Trinajstić information content (AvgIpc) is 2.94. The third-order valence-electron chi connectivity index (χ3n) is 3.63. The van der Waals surface area contributed by atoms with Gasteiger partial charge in [-0.15, -0.1) is 11.8 Å². The highest BCUT2D eigenvalue weighted by Gasteiger charge is 2.26. The van der Waals surface area contributed by atoms with E-state index in [1.165, 1.54) is 5.56 Å². The highest BCUT2D eigenvalue weighted by molar-refractivity contribution is 8.00. The Balaban J connectivity index is 1.81. The van der Waals surface area contributed by atoms with Crippen LogP contribution in [0.2, 0.25) is 0 Å². The number of hydrogen-bond donors (Lipinski definition) is 0. The summed E-state index contributed by atoms with van der Waals surface area (Å²) >= 11 is 1.83. The summed E-state index contributed by atoms with van der Waals surface area (Å²) in [4.78, 5) is 14.4. The van der Waals surface area contributed by atoms with Crippen molar-refractivity contribution in [3.63, 3.8) is 0 Å². The maximum absolute atomic E-state index is 12.4. The van der Waals surface area contributed by atoms with Crippen LogP contribution < -0.4 is 0 Å². The lowest BCUT2D eigenvalue weighted by molar-refractivity contribution is 0.0768. The van der Waals surface area contributed by atoms with Crippen molar-refractivity contribution < 1.29 is 4.79 Å². The van der Waals surface area contributed by atoms with Crippen molar-refractivity contribution in [3.8, 4) is 11.1 Å². The van der Waals surface area contributed by atoms with Crippen molar-refractivity contribution in [2.45, 2.75) is 12.3 Å². The fourth-order valence-corrected chi connectivity index (χ4v) is 3.49. The molecule has 102 valence electrons. The summed E-state index contributed by atoms with van der Waals surface area (Å²) < 4.78 is 0. The molecule has 20 heavy (non-hydrogen) atoms. The topological polar surface area (TPSA) is 20.3 Å². The summed E-state index contributed by atoms with van der Waals surface area (Å²) in [6.45, 7) is 2.94. The van der Waals surface area contributed by atoms with E-state index in [0.717, 1.165) is 23.4 Å². The average molecular weight is 283 g/mol. The van der Waals surface area contributed by atoms with Gasteiger partial charge in [-0.25, -0.2) is 0 Å². The summed E-state index contributed by atoms with van der Waals surface area (Å²) in [6.07, 6.45) is 0. The number of amides is 1. The number of benzene rings is 2. The van der Waals surface area contributed by atoms with Crippen molar-refractivity contribution in [2.75, 3.05) is 12.3 Å². The normalized spacial score (nSPS) is 18.2. The van der Waals surface area contributed by atoms with Gasteiger partial charge in [-0.2, -0.15) is 0 Å². The lowest BCUT2D eigenvalue weighted by Gasteiger charge is -2.20. The monoisotopic (exact) mass is 283 g/mol. The van der Waals surface area contributed by atoms with Crippen LogP contribution in [0.5, 0.6) is 0 Å². The summed E-state index contributed by atoms with van der Waals surface area (Å²) in [6, 6.07) is 18.1. The third-order valence-corrected chi connectivity index (χ3v) is 4.79. The minimum Gasteiger partial charge on any atom is -0.326 e. The molecule has 0 N–H and O–H groups in total. The van der Waals surface area contributed by atoms with Gasteiger partial charge in [0.25, 0.3) is 5.91 Å². The van der Waals surface area contributed by atoms with Crippen LogP contribution >= 0.6 is 11.8 Å². The molecule has 1 amide bonds. The molecule has 2 aromatic carbocycles. The Bertz CT molecular complexity index is 594. The minimum atomic E-state index is 0.141. The Kier molecular flexibility index (Phi) is 3.79. The van der Waals surface area contributed by atoms with Gasteiger partial charge in [-0.05, 0) is 30.2 Å². The van der Waals surface area contributed by atoms with E-state index >= 15 is 0 Å². The molecule has 1 aliphatic heterocycles. The van der Waals surface area contributed by atoms with E-state index in [1.54, 1.807) is 0 Å². The molecule has 0 saturated carbocycles. The van der Waals surface area contributed by atoms with Gasteiger partial charge in [0, 0.05) is 17.9 Å². The van der Waals surface area contributed by atoms with E-state index < -0.39 is 0 Å². The van der Waals surface area contributed by atoms with Gasteiger partial charge in [0.05, 0.1) is 5.37 Å². The molecule has 3 rings (SSSR count). The molecule has 1 fully saturated rings. The van der Waals surface area contributed by atoms with Gasteiger partial charge in [-0.3, -0.25) is 4.79 Å². The number of carbonyl (C=O) groups is 1. The second kappa shape index (κ2) is 5.71. The van der Waals surface area contributed by atoms with Gasteiger partial charge >= 0.3 is 0 Å². The second-order valence-corrected chi connectivity index (χ2v) is 6.34. The molecular formula is C17H17NOS. The Hall–Kier alpha value is -1.74. The lowest BCUT2D eigenvalue weighted by Crippen LogP contribution is -2.33. The molecule has 0 aliphatic carbocycles. The highest BCUT2D eigenvalue weighted by atomic mass is 32.2. The number of carbonyl (C=O) groups excluding carboxylic acids is 1.